The van der Waals surface area contributed by atoms with Crippen LogP contribution in [-0.2, 0) is 4.79 Å². The lowest BCUT2D eigenvalue weighted by Crippen LogP contribution is -2.45. The van der Waals surface area contributed by atoms with Crippen LogP contribution in [0.4, 0.5) is 0 Å². The van der Waals surface area contributed by atoms with E-state index in [4.69, 9.17) is 0 Å². The molecule has 4 nitrogen and oxygen atoms in total. The van der Waals surface area contributed by atoms with Gasteiger partial charge in [0.25, 0.3) is 0 Å². The lowest BCUT2D eigenvalue weighted by molar-refractivity contribution is -0.123. The molecule has 0 aromatic rings. The third-order valence-corrected chi connectivity index (χ3v) is 12.1. The molecule has 0 saturated carbocycles. The van der Waals surface area contributed by atoms with E-state index < -0.39 is 12.1 Å². The van der Waals surface area contributed by atoms with E-state index in [1.165, 1.54) is 218 Å². The molecule has 0 saturated heterocycles. The predicted molar refractivity (Wildman–Crippen MR) is 262 cm³/mol. The molecule has 0 aromatic carbocycles. The Labute approximate surface area is 369 Å². The van der Waals surface area contributed by atoms with Gasteiger partial charge < -0.3 is 15.5 Å². The third-order valence-electron chi connectivity index (χ3n) is 12.1. The van der Waals surface area contributed by atoms with Crippen LogP contribution in [-0.4, -0.2) is 34.9 Å². The minimum atomic E-state index is -0.843. The molecule has 0 aliphatic carbocycles. The summed E-state index contributed by atoms with van der Waals surface area (Å²) < 4.78 is 0. The van der Waals surface area contributed by atoms with E-state index >= 15 is 0 Å². The van der Waals surface area contributed by atoms with E-state index in [-0.39, 0.29) is 12.5 Å². The summed E-state index contributed by atoms with van der Waals surface area (Å²) in [6.45, 7) is 4.32. The number of hydrogen-bond acceptors (Lipinski definition) is 3. The lowest BCUT2D eigenvalue weighted by atomic mass is 10.0. The zero-order chi connectivity index (χ0) is 42.8. The fourth-order valence-electron chi connectivity index (χ4n) is 8.01. The smallest absolute Gasteiger partial charge is 0.220 e. The van der Waals surface area contributed by atoms with Crippen LogP contribution in [0.5, 0.6) is 0 Å². The molecular formula is C55H103NO3. The molecule has 0 spiro atoms. The molecule has 3 N–H and O–H groups in total. The van der Waals surface area contributed by atoms with Gasteiger partial charge in [-0.1, -0.05) is 262 Å². The summed E-state index contributed by atoms with van der Waals surface area (Å²) in [5, 5.41) is 23.1. The monoisotopic (exact) mass is 826 g/mol. The van der Waals surface area contributed by atoms with Crippen molar-refractivity contribution in [2.45, 2.75) is 289 Å². The van der Waals surface area contributed by atoms with Gasteiger partial charge in [0.15, 0.2) is 0 Å². The highest BCUT2D eigenvalue weighted by Crippen LogP contribution is 2.16. The quantitative estimate of drug-likeness (QED) is 0.0423. The molecule has 0 bridgehead atoms. The summed E-state index contributed by atoms with van der Waals surface area (Å²) >= 11 is 0. The molecule has 2 atom stereocenters. The molecule has 59 heavy (non-hydrogen) atoms. The molecule has 0 aliphatic rings. The van der Waals surface area contributed by atoms with Gasteiger partial charge in [-0.05, 0) is 57.8 Å². The molecule has 1 amide bonds. The first kappa shape index (κ1) is 57.3. The second-order valence-corrected chi connectivity index (χ2v) is 17.9. The van der Waals surface area contributed by atoms with Crippen molar-refractivity contribution in [1.82, 2.24) is 5.32 Å². The number of rotatable bonds is 48. The van der Waals surface area contributed by atoms with Crippen molar-refractivity contribution < 1.29 is 15.0 Å². The zero-order valence-corrected chi connectivity index (χ0v) is 39.8. The molecular weight excluding hydrogens is 723 g/mol. The Morgan fingerprint density at radius 3 is 1.03 bits per heavy atom. The summed E-state index contributed by atoms with van der Waals surface area (Å²) in [6.07, 6.45) is 69.6. The predicted octanol–water partition coefficient (Wildman–Crippen LogP) is 17.1. The van der Waals surface area contributed by atoms with Gasteiger partial charge in [-0.3, -0.25) is 4.79 Å². The SMILES string of the molecule is CCCCCCC/C=C\C/C=C\C/C=C\CCCCCCCCCCCCC(=O)NC(CO)C(O)/C=C/CCCCCCCCCCCCCCCCCCCCCC. The Bertz CT molecular complexity index is 939. The van der Waals surface area contributed by atoms with Crippen LogP contribution in [0.3, 0.4) is 0 Å². The molecule has 0 radical (unpaired) electrons. The number of allylic oxidation sites excluding steroid dienone is 7. The van der Waals surface area contributed by atoms with Crippen LogP contribution in [0.2, 0.25) is 0 Å². The lowest BCUT2D eigenvalue weighted by Gasteiger charge is -2.20. The molecule has 0 aromatic heterocycles. The van der Waals surface area contributed by atoms with Gasteiger partial charge in [0, 0.05) is 6.42 Å². The maximum atomic E-state index is 12.5. The van der Waals surface area contributed by atoms with Gasteiger partial charge in [-0.25, -0.2) is 0 Å². The first-order valence-corrected chi connectivity index (χ1v) is 26.4. The number of carbonyl (C=O) groups excluding carboxylic acids is 1. The first-order chi connectivity index (χ1) is 29.2. The minimum Gasteiger partial charge on any atom is -0.394 e. The van der Waals surface area contributed by atoms with E-state index in [1.54, 1.807) is 6.08 Å². The first-order valence-electron chi connectivity index (χ1n) is 26.4. The molecule has 0 aliphatic heterocycles. The van der Waals surface area contributed by atoms with Crippen LogP contribution >= 0.6 is 0 Å². The van der Waals surface area contributed by atoms with Crippen LogP contribution < -0.4 is 5.32 Å². The number of amides is 1. The second-order valence-electron chi connectivity index (χ2n) is 17.9. The molecule has 0 rings (SSSR count). The van der Waals surface area contributed by atoms with E-state index in [1.807, 2.05) is 6.08 Å². The summed E-state index contributed by atoms with van der Waals surface area (Å²) in [6, 6.07) is -0.626. The summed E-state index contributed by atoms with van der Waals surface area (Å²) in [5.74, 6) is -0.0663. The number of aliphatic hydroxyl groups is 2. The average molecular weight is 826 g/mol. The molecule has 0 fully saturated rings. The highest BCUT2D eigenvalue weighted by molar-refractivity contribution is 5.76. The summed E-state index contributed by atoms with van der Waals surface area (Å²) in [5.41, 5.74) is 0. The Hall–Kier alpha value is -1.65. The van der Waals surface area contributed by atoms with Gasteiger partial charge in [-0.15, -0.1) is 0 Å². The van der Waals surface area contributed by atoms with Crippen LogP contribution in [0.25, 0.3) is 0 Å². The van der Waals surface area contributed by atoms with Crippen molar-refractivity contribution in [2.24, 2.45) is 0 Å². The maximum Gasteiger partial charge on any atom is 0.220 e. The van der Waals surface area contributed by atoms with E-state index in [2.05, 4.69) is 55.6 Å². The second kappa shape index (κ2) is 50.7. The summed E-state index contributed by atoms with van der Waals surface area (Å²) in [7, 11) is 0. The number of nitrogens with one attached hydrogen (secondary N) is 1. The summed E-state index contributed by atoms with van der Waals surface area (Å²) in [4.78, 5) is 12.5. The fourth-order valence-corrected chi connectivity index (χ4v) is 8.01. The molecule has 4 heteroatoms. The maximum absolute atomic E-state index is 12.5. The Kier molecular flexibility index (Phi) is 49.3. The van der Waals surface area contributed by atoms with Gasteiger partial charge in [0.05, 0.1) is 18.8 Å². The van der Waals surface area contributed by atoms with Crippen molar-refractivity contribution in [1.29, 1.82) is 0 Å². The largest absolute Gasteiger partial charge is 0.394 e. The number of carbonyl (C=O) groups is 1. The van der Waals surface area contributed by atoms with Crippen LogP contribution in [0.1, 0.15) is 277 Å². The van der Waals surface area contributed by atoms with Gasteiger partial charge >= 0.3 is 0 Å². The average Bonchev–Trinajstić information content (AvgIpc) is 3.24. The van der Waals surface area contributed by atoms with Crippen molar-refractivity contribution in [2.75, 3.05) is 6.61 Å². The van der Waals surface area contributed by atoms with Crippen molar-refractivity contribution in [3.8, 4) is 0 Å². The fraction of sp³-hybridized carbons (Fsp3) is 0.836. The Morgan fingerprint density at radius 1 is 0.407 bits per heavy atom. The van der Waals surface area contributed by atoms with Gasteiger partial charge in [0.1, 0.15) is 0 Å². The minimum absolute atomic E-state index is 0.0663. The highest BCUT2D eigenvalue weighted by Gasteiger charge is 2.18. The van der Waals surface area contributed by atoms with Crippen molar-refractivity contribution >= 4 is 5.91 Å². The Balaban J connectivity index is 3.54. The third kappa shape index (κ3) is 47.3. The van der Waals surface area contributed by atoms with E-state index in [0.717, 1.165) is 38.5 Å². The molecule has 346 valence electrons. The number of hydrogen-bond donors (Lipinski definition) is 3. The Morgan fingerprint density at radius 2 is 0.695 bits per heavy atom. The molecule has 0 heterocycles. The van der Waals surface area contributed by atoms with Crippen LogP contribution in [0.15, 0.2) is 48.6 Å². The van der Waals surface area contributed by atoms with Crippen molar-refractivity contribution in [3.05, 3.63) is 48.6 Å². The van der Waals surface area contributed by atoms with Gasteiger partial charge in [-0.2, -0.15) is 0 Å². The zero-order valence-electron chi connectivity index (χ0n) is 39.8. The van der Waals surface area contributed by atoms with Gasteiger partial charge in [0.2, 0.25) is 5.91 Å². The standard InChI is InChI=1S/C55H103NO3/c1-3-5-7-9-11-13-15-17-19-21-23-25-27-28-29-31-33-35-37-39-41-43-45-47-49-51-55(59)56-53(52-57)54(58)50-48-46-44-42-40-38-36-34-32-30-26-24-22-20-18-16-14-12-10-8-6-4-2/h15,17,21,23,27-28,48,50,53-54,57-58H,3-14,16,18-20,22,24-26,29-47,49,51-52H2,1-2H3,(H,56,59)/b17-15-,23-21-,28-27-,50-48+. The van der Waals surface area contributed by atoms with E-state index in [0.29, 0.717) is 6.42 Å². The van der Waals surface area contributed by atoms with E-state index in [9.17, 15) is 15.0 Å². The molecule has 2 unspecified atom stereocenters. The normalized spacial score (nSPS) is 13.2. The highest BCUT2D eigenvalue weighted by atomic mass is 16.3. The van der Waals surface area contributed by atoms with Crippen LogP contribution in [0, 0.1) is 0 Å². The number of unbranched alkanes of at least 4 members (excludes halogenated alkanes) is 35. The van der Waals surface area contributed by atoms with Crippen molar-refractivity contribution in [3.63, 3.8) is 0 Å². The topological polar surface area (TPSA) is 69.6 Å². The number of aliphatic hydroxyl groups excluding tert-OH is 2.